The van der Waals surface area contributed by atoms with Crippen molar-refractivity contribution in [2.75, 3.05) is 11.5 Å². The Kier molecular flexibility index (Phi) is 4.31. The van der Waals surface area contributed by atoms with Gasteiger partial charge in [-0.1, -0.05) is 36.4 Å². The van der Waals surface area contributed by atoms with Gasteiger partial charge in [0.2, 0.25) is 5.91 Å². The Bertz CT molecular complexity index is 739. The summed E-state index contributed by atoms with van der Waals surface area (Å²) in [5.74, 6) is -0.537. The minimum Gasteiger partial charge on any atom is -0.344 e. The lowest BCUT2D eigenvalue weighted by Crippen LogP contribution is -2.34. The fraction of sp³-hybridized carbons (Fsp3) is 0.312. The first-order valence-corrected chi connectivity index (χ1v) is 9.84. The zero-order valence-corrected chi connectivity index (χ0v) is 13.6. The molecule has 0 aliphatic carbocycles. The summed E-state index contributed by atoms with van der Waals surface area (Å²) in [5, 5.41) is 4.99. The van der Waals surface area contributed by atoms with Gasteiger partial charge in [-0.2, -0.15) is 0 Å². The van der Waals surface area contributed by atoms with Crippen LogP contribution in [0.2, 0.25) is 0 Å². The molecule has 1 aliphatic rings. The van der Waals surface area contributed by atoms with Crippen LogP contribution in [0, 0.1) is 5.92 Å². The zero-order valence-electron chi connectivity index (χ0n) is 11.9. The van der Waals surface area contributed by atoms with Crippen LogP contribution in [0.1, 0.15) is 22.9 Å². The van der Waals surface area contributed by atoms with Crippen LogP contribution in [-0.2, 0) is 14.6 Å². The highest BCUT2D eigenvalue weighted by Gasteiger charge is 2.34. The van der Waals surface area contributed by atoms with Crippen molar-refractivity contribution in [2.24, 2.45) is 5.92 Å². The summed E-state index contributed by atoms with van der Waals surface area (Å²) >= 11 is 1.58. The average molecular weight is 335 g/mol. The van der Waals surface area contributed by atoms with E-state index in [1.807, 2.05) is 47.8 Å². The van der Waals surface area contributed by atoms with Crippen LogP contribution in [0.15, 0.2) is 47.8 Å². The molecule has 0 radical (unpaired) electrons. The van der Waals surface area contributed by atoms with Crippen LogP contribution in [0.5, 0.6) is 0 Å². The fourth-order valence-corrected chi connectivity index (χ4v) is 5.23. The van der Waals surface area contributed by atoms with Gasteiger partial charge in [0.05, 0.1) is 23.5 Å². The van der Waals surface area contributed by atoms with Crippen molar-refractivity contribution < 1.29 is 13.2 Å². The second kappa shape index (κ2) is 6.22. The molecule has 0 bridgehead atoms. The Morgan fingerprint density at radius 3 is 2.55 bits per heavy atom. The van der Waals surface area contributed by atoms with E-state index < -0.39 is 15.8 Å². The maximum atomic E-state index is 12.4. The Labute approximate surface area is 134 Å². The SMILES string of the molecule is O=C(N[C@@H](c1ccccc1)c1cccs1)[C@H]1CCS(=O)(=O)C1. The molecule has 2 heterocycles. The van der Waals surface area contributed by atoms with E-state index in [-0.39, 0.29) is 23.5 Å². The molecule has 1 saturated heterocycles. The van der Waals surface area contributed by atoms with Gasteiger partial charge in [0.1, 0.15) is 0 Å². The number of thiophene rings is 1. The number of hydrogen-bond donors (Lipinski definition) is 1. The van der Waals surface area contributed by atoms with Crippen molar-refractivity contribution in [1.82, 2.24) is 5.32 Å². The van der Waals surface area contributed by atoms with E-state index in [1.54, 1.807) is 11.3 Å². The third kappa shape index (κ3) is 3.39. The molecule has 2 aromatic rings. The molecule has 1 fully saturated rings. The predicted octanol–water partition coefficient (Wildman–Crippen LogP) is 2.39. The number of nitrogens with one attached hydrogen (secondary N) is 1. The molecular weight excluding hydrogens is 318 g/mol. The second-order valence-electron chi connectivity index (χ2n) is 5.47. The normalized spacial score (nSPS) is 21.4. The van der Waals surface area contributed by atoms with Crippen LogP contribution < -0.4 is 5.32 Å². The topological polar surface area (TPSA) is 63.2 Å². The lowest BCUT2D eigenvalue weighted by Gasteiger charge is -2.20. The van der Waals surface area contributed by atoms with Crippen LogP contribution in [0.25, 0.3) is 0 Å². The molecule has 1 N–H and O–H groups in total. The molecule has 2 atom stereocenters. The lowest BCUT2D eigenvalue weighted by atomic mass is 10.0. The molecule has 0 saturated carbocycles. The summed E-state index contributed by atoms with van der Waals surface area (Å²) in [6, 6.07) is 13.4. The van der Waals surface area contributed by atoms with E-state index in [9.17, 15) is 13.2 Å². The third-order valence-electron chi connectivity index (χ3n) is 3.85. The molecule has 22 heavy (non-hydrogen) atoms. The van der Waals surface area contributed by atoms with Crippen LogP contribution in [0.4, 0.5) is 0 Å². The van der Waals surface area contributed by atoms with E-state index in [4.69, 9.17) is 0 Å². The first-order chi connectivity index (χ1) is 10.6. The predicted molar refractivity (Wildman–Crippen MR) is 87.5 cm³/mol. The number of carbonyl (C=O) groups is 1. The molecular formula is C16H17NO3S2. The molecule has 3 rings (SSSR count). The molecule has 0 spiro atoms. The number of amides is 1. The van der Waals surface area contributed by atoms with Gasteiger partial charge in [-0.3, -0.25) is 4.79 Å². The van der Waals surface area contributed by atoms with Gasteiger partial charge in [0.25, 0.3) is 0 Å². The van der Waals surface area contributed by atoms with E-state index in [0.717, 1.165) is 10.4 Å². The average Bonchev–Trinajstić information content (AvgIpc) is 3.15. The highest BCUT2D eigenvalue weighted by Crippen LogP contribution is 2.27. The van der Waals surface area contributed by atoms with E-state index in [2.05, 4.69) is 5.32 Å². The van der Waals surface area contributed by atoms with Gasteiger partial charge in [-0.25, -0.2) is 8.42 Å². The quantitative estimate of drug-likeness (QED) is 0.933. The Morgan fingerprint density at radius 2 is 1.95 bits per heavy atom. The van der Waals surface area contributed by atoms with Gasteiger partial charge in [-0.15, -0.1) is 11.3 Å². The van der Waals surface area contributed by atoms with Crippen LogP contribution in [0.3, 0.4) is 0 Å². The number of rotatable bonds is 4. The summed E-state index contributed by atoms with van der Waals surface area (Å²) in [5.41, 5.74) is 0.999. The van der Waals surface area contributed by atoms with Gasteiger partial charge < -0.3 is 5.32 Å². The largest absolute Gasteiger partial charge is 0.344 e. The van der Waals surface area contributed by atoms with Crippen molar-refractivity contribution in [3.63, 3.8) is 0 Å². The highest BCUT2D eigenvalue weighted by atomic mass is 32.2. The van der Waals surface area contributed by atoms with Crippen molar-refractivity contribution in [3.05, 3.63) is 58.3 Å². The van der Waals surface area contributed by atoms with Crippen LogP contribution in [-0.4, -0.2) is 25.8 Å². The molecule has 1 aliphatic heterocycles. The summed E-state index contributed by atoms with van der Waals surface area (Å²) in [6.07, 6.45) is 0.417. The number of carbonyl (C=O) groups excluding carboxylic acids is 1. The molecule has 1 amide bonds. The lowest BCUT2D eigenvalue weighted by molar-refractivity contribution is -0.124. The standard InChI is InChI=1S/C16H17NO3S2/c18-16(13-8-10-22(19,20)11-13)17-15(14-7-4-9-21-14)12-5-2-1-3-6-12/h1-7,9,13,15H,8,10-11H2,(H,17,18)/t13-,15-/m0/s1. The summed E-state index contributed by atoms with van der Waals surface area (Å²) in [7, 11) is -3.05. The fourth-order valence-electron chi connectivity index (χ4n) is 2.68. The molecule has 6 heteroatoms. The molecule has 0 unspecified atom stereocenters. The van der Waals surface area contributed by atoms with Crippen LogP contribution >= 0.6 is 11.3 Å². The monoisotopic (exact) mass is 335 g/mol. The maximum absolute atomic E-state index is 12.4. The first-order valence-electron chi connectivity index (χ1n) is 7.14. The van der Waals surface area contributed by atoms with Gasteiger partial charge in [0, 0.05) is 4.88 Å². The molecule has 116 valence electrons. The van der Waals surface area contributed by atoms with Crippen molar-refractivity contribution in [2.45, 2.75) is 12.5 Å². The van der Waals surface area contributed by atoms with Gasteiger partial charge >= 0.3 is 0 Å². The first kappa shape index (κ1) is 15.2. The van der Waals surface area contributed by atoms with E-state index in [1.165, 1.54) is 0 Å². The smallest absolute Gasteiger partial charge is 0.224 e. The Hall–Kier alpha value is -1.66. The van der Waals surface area contributed by atoms with E-state index >= 15 is 0 Å². The molecule has 1 aromatic carbocycles. The second-order valence-corrected chi connectivity index (χ2v) is 8.68. The summed E-state index contributed by atoms with van der Waals surface area (Å²) < 4.78 is 23.1. The minimum absolute atomic E-state index is 0.0369. The Morgan fingerprint density at radius 1 is 1.18 bits per heavy atom. The number of sulfone groups is 1. The third-order valence-corrected chi connectivity index (χ3v) is 6.56. The zero-order chi connectivity index (χ0) is 15.6. The summed E-state index contributed by atoms with van der Waals surface area (Å²) in [4.78, 5) is 13.5. The maximum Gasteiger partial charge on any atom is 0.224 e. The van der Waals surface area contributed by atoms with E-state index in [0.29, 0.717) is 6.42 Å². The van der Waals surface area contributed by atoms with Gasteiger partial charge in [-0.05, 0) is 23.4 Å². The minimum atomic E-state index is -3.05. The summed E-state index contributed by atoms with van der Waals surface area (Å²) in [6.45, 7) is 0. The molecule has 4 nitrogen and oxygen atoms in total. The highest BCUT2D eigenvalue weighted by molar-refractivity contribution is 7.91. The van der Waals surface area contributed by atoms with Crippen molar-refractivity contribution in [1.29, 1.82) is 0 Å². The molecule has 1 aromatic heterocycles. The number of benzene rings is 1. The Balaban J connectivity index is 1.81. The van der Waals surface area contributed by atoms with Crippen molar-refractivity contribution in [3.8, 4) is 0 Å². The number of hydrogen-bond acceptors (Lipinski definition) is 4. The van der Waals surface area contributed by atoms with Gasteiger partial charge in [0.15, 0.2) is 9.84 Å². The van der Waals surface area contributed by atoms with Crippen molar-refractivity contribution >= 4 is 27.1 Å².